The maximum Gasteiger partial charge on any atom is 0.257 e. The highest BCUT2D eigenvalue weighted by Gasteiger charge is 2.41. The van der Waals surface area contributed by atoms with Crippen molar-refractivity contribution in [3.05, 3.63) is 29.8 Å². The first-order valence-electron chi connectivity index (χ1n) is 13.0. The highest BCUT2D eigenvalue weighted by atomic mass is 16.5. The molecule has 0 N–H and O–H groups in total. The summed E-state index contributed by atoms with van der Waals surface area (Å²) < 4.78 is 6.56. The molecule has 2 aliphatic heterocycles. The van der Waals surface area contributed by atoms with Gasteiger partial charge in [-0.2, -0.15) is 0 Å². The summed E-state index contributed by atoms with van der Waals surface area (Å²) in [7, 11) is 1.87. The minimum atomic E-state index is -0.133. The standard InChI is InChI=1S/C27H39N3O4/c1-20(31)29-18-21(19-29)26(32)30-17-11-5-3-4-10-16-28(2)27(33)22-12-6-8-14-24(22)34-25-15-9-7-13-23(25)30/h6,8,12,14,21,23,25H,3-5,7,9-11,13,15-19H2,1-2H3/t23-,25+/m1/s1. The van der Waals surface area contributed by atoms with Crippen molar-refractivity contribution in [2.75, 3.05) is 33.2 Å². The molecule has 7 heteroatoms. The molecule has 0 unspecified atom stereocenters. The second-order valence-corrected chi connectivity index (χ2v) is 10.2. The van der Waals surface area contributed by atoms with Crippen LogP contribution < -0.4 is 4.74 Å². The van der Waals surface area contributed by atoms with Crippen LogP contribution in [0, 0.1) is 5.92 Å². The maximum absolute atomic E-state index is 13.6. The van der Waals surface area contributed by atoms with Gasteiger partial charge in [-0.15, -0.1) is 0 Å². The minimum Gasteiger partial charge on any atom is -0.487 e. The van der Waals surface area contributed by atoms with E-state index in [1.54, 1.807) is 16.7 Å². The van der Waals surface area contributed by atoms with Gasteiger partial charge >= 0.3 is 0 Å². The average molecular weight is 470 g/mol. The van der Waals surface area contributed by atoms with E-state index < -0.39 is 0 Å². The van der Waals surface area contributed by atoms with Crippen molar-refractivity contribution < 1.29 is 19.1 Å². The number of ether oxygens (including phenoxy) is 1. The van der Waals surface area contributed by atoms with E-state index in [4.69, 9.17) is 4.74 Å². The molecule has 3 aliphatic rings. The van der Waals surface area contributed by atoms with Crippen molar-refractivity contribution in [1.29, 1.82) is 0 Å². The van der Waals surface area contributed by atoms with Gasteiger partial charge in [0.05, 0.1) is 17.5 Å². The quantitative estimate of drug-likeness (QED) is 0.629. The lowest BCUT2D eigenvalue weighted by atomic mass is 9.88. The molecule has 0 bridgehead atoms. The van der Waals surface area contributed by atoms with Crippen LogP contribution in [0.15, 0.2) is 24.3 Å². The third-order valence-electron chi connectivity index (χ3n) is 7.66. The summed E-state index contributed by atoms with van der Waals surface area (Å²) in [4.78, 5) is 44.1. The molecule has 2 heterocycles. The number of hydrogen-bond donors (Lipinski definition) is 0. The predicted molar refractivity (Wildman–Crippen MR) is 131 cm³/mol. The van der Waals surface area contributed by atoms with Gasteiger partial charge in [0, 0.05) is 40.2 Å². The molecular weight excluding hydrogens is 430 g/mol. The largest absolute Gasteiger partial charge is 0.487 e. The number of nitrogens with zero attached hydrogens (tertiary/aromatic N) is 3. The molecule has 0 aromatic heterocycles. The molecular formula is C27H39N3O4. The molecule has 1 aliphatic carbocycles. The van der Waals surface area contributed by atoms with Crippen LogP contribution in [0.4, 0.5) is 0 Å². The SMILES string of the molecule is CC(=O)N1CC(C(=O)N2CCCCCCCN(C)C(=O)c3ccccc3O[C@H]3CCCC[C@H]32)C1. The first kappa shape index (κ1) is 24.6. The number of hydrogen-bond acceptors (Lipinski definition) is 4. The number of carbonyl (C=O) groups is 3. The van der Waals surface area contributed by atoms with Crippen molar-refractivity contribution in [3.63, 3.8) is 0 Å². The van der Waals surface area contributed by atoms with Gasteiger partial charge in [0.15, 0.2) is 0 Å². The van der Waals surface area contributed by atoms with Gasteiger partial charge < -0.3 is 19.4 Å². The van der Waals surface area contributed by atoms with E-state index in [0.717, 1.165) is 70.9 Å². The van der Waals surface area contributed by atoms with E-state index in [2.05, 4.69) is 4.90 Å². The number of fused-ring (bicyclic) bond motifs is 2. The normalized spacial score (nSPS) is 25.2. The lowest BCUT2D eigenvalue weighted by Crippen LogP contribution is -2.60. The number of likely N-dealkylation sites (tertiary alicyclic amines) is 1. The molecule has 34 heavy (non-hydrogen) atoms. The molecule has 2 fully saturated rings. The van der Waals surface area contributed by atoms with Gasteiger partial charge in [-0.05, 0) is 44.2 Å². The van der Waals surface area contributed by atoms with Gasteiger partial charge in [-0.1, -0.05) is 37.8 Å². The lowest BCUT2D eigenvalue weighted by molar-refractivity contribution is -0.151. The summed E-state index contributed by atoms with van der Waals surface area (Å²) >= 11 is 0. The third-order valence-corrected chi connectivity index (χ3v) is 7.66. The van der Waals surface area contributed by atoms with Crippen LogP contribution in [0.3, 0.4) is 0 Å². The summed E-state index contributed by atoms with van der Waals surface area (Å²) in [5.41, 5.74) is 0.596. The second-order valence-electron chi connectivity index (χ2n) is 10.2. The molecule has 1 aromatic rings. The number of benzene rings is 1. The van der Waals surface area contributed by atoms with Crippen LogP contribution >= 0.6 is 0 Å². The molecule has 1 saturated heterocycles. The van der Waals surface area contributed by atoms with Crippen molar-refractivity contribution in [2.45, 2.75) is 76.9 Å². The fourth-order valence-corrected chi connectivity index (χ4v) is 5.51. The summed E-state index contributed by atoms with van der Waals surface area (Å²) in [6, 6.07) is 7.52. The van der Waals surface area contributed by atoms with E-state index in [1.807, 2.05) is 31.3 Å². The van der Waals surface area contributed by atoms with E-state index >= 15 is 0 Å². The second kappa shape index (κ2) is 11.2. The molecule has 3 amide bonds. The lowest BCUT2D eigenvalue weighted by Gasteiger charge is -2.45. The Balaban J connectivity index is 1.59. The summed E-state index contributed by atoms with van der Waals surface area (Å²) in [5, 5.41) is 0. The summed E-state index contributed by atoms with van der Waals surface area (Å²) in [5.74, 6) is 0.684. The Morgan fingerprint density at radius 3 is 2.35 bits per heavy atom. The Labute approximate surface area is 203 Å². The smallest absolute Gasteiger partial charge is 0.257 e. The van der Waals surface area contributed by atoms with Crippen LogP contribution in [0.1, 0.15) is 75.1 Å². The van der Waals surface area contributed by atoms with E-state index in [-0.39, 0.29) is 35.8 Å². The van der Waals surface area contributed by atoms with Crippen molar-refractivity contribution in [1.82, 2.24) is 14.7 Å². The van der Waals surface area contributed by atoms with Gasteiger partial charge in [0.2, 0.25) is 11.8 Å². The van der Waals surface area contributed by atoms with Crippen molar-refractivity contribution in [3.8, 4) is 5.75 Å². The molecule has 2 atom stereocenters. The number of carbonyl (C=O) groups excluding carboxylic acids is 3. The number of rotatable bonds is 1. The Bertz CT molecular complexity index is 882. The summed E-state index contributed by atoms with van der Waals surface area (Å²) in [6.45, 7) is 4.07. The average Bonchev–Trinajstić information content (AvgIpc) is 2.80. The van der Waals surface area contributed by atoms with Crippen molar-refractivity contribution in [2.24, 2.45) is 5.92 Å². The first-order valence-corrected chi connectivity index (χ1v) is 13.0. The summed E-state index contributed by atoms with van der Waals surface area (Å²) in [6.07, 6.45) is 8.98. The minimum absolute atomic E-state index is 0.00126. The van der Waals surface area contributed by atoms with Crippen LogP contribution in [0.2, 0.25) is 0 Å². The van der Waals surface area contributed by atoms with E-state index in [0.29, 0.717) is 24.4 Å². The van der Waals surface area contributed by atoms with Crippen molar-refractivity contribution >= 4 is 17.7 Å². The molecule has 4 rings (SSSR count). The molecule has 1 saturated carbocycles. The first-order chi connectivity index (χ1) is 16.5. The monoisotopic (exact) mass is 469 g/mol. The number of para-hydroxylation sites is 1. The predicted octanol–water partition coefficient (Wildman–Crippen LogP) is 3.72. The Kier molecular flexibility index (Phi) is 8.11. The van der Waals surface area contributed by atoms with E-state index in [9.17, 15) is 14.4 Å². The number of amides is 3. The Hall–Kier alpha value is -2.57. The molecule has 0 radical (unpaired) electrons. The van der Waals surface area contributed by atoms with Gasteiger partial charge in [0.25, 0.3) is 5.91 Å². The van der Waals surface area contributed by atoms with Crippen LogP contribution in [-0.4, -0.2) is 77.8 Å². The third kappa shape index (κ3) is 5.56. The van der Waals surface area contributed by atoms with Gasteiger partial charge in [0.1, 0.15) is 11.9 Å². The fraction of sp³-hybridized carbons (Fsp3) is 0.667. The van der Waals surface area contributed by atoms with E-state index in [1.165, 1.54) is 0 Å². The zero-order valence-electron chi connectivity index (χ0n) is 20.7. The molecule has 1 aromatic carbocycles. The zero-order chi connectivity index (χ0) is 24.1. The Morgan fingerprint density at radius 1 is 0.912 bits per heavy atom. The fourth-order valence-electron chi connectivity index (χ4n) is 5.51. The Morgan fingerprint density at radius 2 is 1.59 bits per heavy atom. The zero-order valence-corrected chi connectivity index (χ0v) is 20.7. The van der Waals surface area contributed by atoms with Crippen LogP contribution in [-0.2, 0) is 9.59 Å². The maximum atomic E-state index is 13.6. The molecule has 7 nitrogen and oxygen atoms in total. The molecule has 0 spiro atoms. The highest BCUT2D eigenvalue weighted by molar-refractivity contribution is 5.96. The highest BCUT2D eigenvalue weighted by Crippen LogP contribution is 2.32. The topological polar surface area (TPSA) is 70.2 Å². The van der Waals surface area contributed by atoms with Gasteiger partial charge in [-0.3, -0.25) is 14.4 Å². The van der Waals surface area contributed by atoms with Crippen LogP contribution in [0.25, 0.3) is 0 Å². The molecule has 186 valence electrons. The van der Waals surface area contributed by atoms with Crippen LogP contribution in [0.5, 0.6) is 5.75 Å². The van der Waals surface area contributed by atoms with Gasteiger partial charge in [-0.25, -0.2) is 0 Å².